The van der Waals surface area contributed by atoms with Crippen molar-refractivity contribution in [3.63, 3.8) is 0 Å². The number of benzene rings is 1. The topological polar surface area (TPSA) is 64.9 Å². The van der Waals surface area contributed by atoms with Crippen molar-refractivity contribution in [1.82, 2.24) is 5.32 Å². The normalized spacial score (nSPS) is 13.9. The highest BCUT2D eigenvalue weighted by Crippen LogP contribution is 2.19. The van der Waals surface area contributed by atoms with E-state index in [2.05, 4.69) is 22.8 Å². The third-order valence-corrected chi connectivity index (χ3v) is 3.87. The SMILES string of the molecule is N#Cc1ccccc1NCCC(=O)NCCC1=CCCCC1. The summed E-state index contributed by atoms with van der Waals surface area (Å²) < 4.78 is 0. The van der Waals surface area contributed by atoms with Crippen LogP contribution in [0.3, 0.4) is 0 Å². The summed E-state index contributed by atoms with van der Waals surface area (Å²) in [5.41, 5.74) is 2.87. The average Bonchev–Trinajstić information content (AvgIpc) is 2.56. The Labute approximate surface area is 132 Å². The van der Waals surface area contributed by atoms with Crippen LogP contribution in [-0.4, -0.2) is 19.0 Å². The number of anilines is 1. The maximum absolute atomic E-state index is 11.8. The van der Waals surface area contributed by atoms with E-state index >= 15 is 0 Å². The van der Waals surface area contributed by atoms with Crippen LogP contribution in [0.15, 0.2) is 35.9 Å². The molecule has 0 saturated carbocycles. The second kappa shape index (κ2) is 8.89. The summed E-state index contributed by atoms with van der Waals surface area (Å²) in [6.45, 7) is 1.26. The van der Waals surface area contributed by atoms with E-state index in [1.807, 2.05) is 18.2 Å². The molecule has 116 valence electrons. The Hall–Kier alpha value is -2.28. The van der Waals surface area contributed by atoms with Gasteiger partial charge in [-0.15, -0.1) is 0 Å². The quantitative estimate of drug-likeness (QED) is 0.758. The number of rotatable bonds is 7. The Kier molecular flexibility index (Phi) is 6.50. The predicted molar refractivity (Wildman–Crippen MR) is 88.4 cm³/mol. The standard InChI is InChI=1S/C18H23N3O/c19-14-16-8-4-5-9-17(16)20-13-11-18(22)21-12-10-15-6-2-1-3-7-15/h4-6,8-9,20H,1-3,7,10-13H2,(H,21,22). The smallest absolute Gasteiger partial charge is 0.221 e. The van der Waals surface area contributed by atoms with Crippen LogP contribution in [0.1, 0.15) is 44.1 Å². The molecule has 0 aromatic heterocycles. The molecule has 1 amide bonds. The lowest BCUT2D eigenvalue weighted by Crippen LogP contribution is -2.26. The molecular weight excluding hydrogens is 274 g/mol. The number of amides is 1. The zero-order chi connectivity index (χ0) is 15.6. The molecule has 0 aliphatic heterocycles. The molecule has 0 unspecified atom stereocenters. The maximum Gasteiger partial charge on any atom is 0.221 e. The summed E-state index contributed by atoms with van der Waals surface area (Å²) in [7, 11) is 0. The molecule has 22 heavy (non-hydrogen) atoms. The second-order valence-corrected chi connectivity index (χ2v) is 5.54. The Morgan fingerprint density at radius 2 is 2.09 bits per heavy atom. The fourth-order valence-electron chi connectivity index (χ4n) is 2.63. The lowest BCUT2D eigenvalue weighted by molar-refractivity contribution is -0.120. The number of nitrogens with one attached hydrogen (secondary N) is 2. The monoisotopic (exact) mass is 297 g/mol. The van der Waals surface area contributed by atoms with Crippen LogP contribution < -0.4 is 10.6 Å². The third-order valence-electron chi connectivity index (χ3n) is 3.87. The molecule has 1 aliphatic carbocycles. The number of hydrogen-bond acceptors (Lipinski definition) is 3. The number of nitriles is 1. The first kappa shape index (κ1) is 16.1. The van der Waals surface area contributed by atoms with E-state index in [4.69, 9.17) is 5.26 Å². The zero-order valence-electron chi connectivity index (χ0n) is 12.9. The van der Waals surface area contributed by atoms with Crippen LogP contribution in [0.25, 0.3) is 0 Å². The van der Waals surface area contributed by atoms with Crippen LogP contribution in [-0.2, 0) is 4.79 Å². The molecule has 0 saturated heterocycles. The van der Waals surface area contributed by atoms with Crippen molar-refractivity contribution in [2.75, 3.05) is 18.4 Å². The highest BCUT2D eigenvalue weighted by molar-refractivity contribution is 5.76. The van der Waals surface area contributed by atoms with Gasteiger partial charge in [0.2, 0.25) is 5.91 Å². The molecule has 1 aromatic carbocycles. The number of carbonyl (C=O) groups excluding carboxylic acids is 1. The number of allylic oxidation sites excluding steroid dienone is 1. The van der Waals surface area contributed by atoms with Crippen molar-refractivity contribution in [1.29, 1.82) is 5.26 Å². The third kappa shape index (κ3) is 5.25. The van der Waals surface area contributed by atoms with Gasteiger partial charge in [-0.1, -0.05) is 23.8 Å². The van der Waals surface area contributed by atoms with Crippen molar-refractivity contribution in [2.45, 2.75) is 38.5 Å². The van der Waals surface area contributed by atoms with Crippen LogP contribution >= 0.6 is 0 Å². The first-order chi connectivity index (χ1) is 10.8. The van der Waals surface area contributed by atoms with Gasteiger partial charge in [0, 0.05) is 19.5 Å². The van der Waals surface area contributed by atoms with Crippen molar-refractivity contribution in [2.24, 2.45) is 0 Å². The Bertz CT molecular complexity index is 572. The molecular formula is C18H23N3O. The zero-order valence-corrected chi connectivity index (χ0v) is 12.9. The lowest BCUT2D eigenvalue weighted by atomic mass is 9.97. The highest BCUT2D eigenvalue weighted by Gasteiger charge is 2.06. The van der Waals surface area contributed by atoms with E-state index in [0.29, 0.717) is 18.5 Å². The first-order valence-corrected chi connectivity index (χ1v) is 7.97. The Balaban J connectivity index is 1.63. The summed E-state index contributed by atoms with van der Waals surface area (Å²) in [4.78, 5) is 11.8. The Morgan fingerprint density at radius 1 is 1.23 bits per heavy atom. The van der Waals surface area contributed by atoms with Crippen molar-refractivity contribution < 1.29 is 4.79 Å². The molecule has 0 fully saturated rings. The van der Waals surface area contributed by atoms with Gasteiger partial charge in [-0.05, 0) is 44.2 Å². The van der Waals surface area contributed by atoms with Gasteiger partial charge < -0.3 is 10.6 Å². The summed E-state index contributed by atoms with van der Waals surface area (Å²) in [6.07, 6.45) is 8.65. The summed E-state index contributed by atoms with van der Waals surface area (Å²) in [5.74, 6) is 0.0540. The van der Waals surface area contributed by atoms with Gasteiger partial charge in [0.25, 0.3) is 0 Å². The number of carbonyl (C=O) groups is 1. The molecule has 2 rings (SSSR count). The molecule has 0 heterocycles. The summed E-state index contributed by atoms with van der Waals surface area (Å²) in [5, 5.41) is 15.1. The predicted octanol–water partition coefficient (Wildman–Crippen LogP) is 3.37. The van der Waals surface area contributed by atoms with E-state index < -0.39 is 0 Å². The number of para-hydroxylation sites is 1. The minimum Gasteiger partial charge on any atom is -0.383 e. The van der Waals surface area contributed by atoms with Gasteiger partial charge >= 0.3 is 0 Å². The first-order valence-electron chi connectivity index (χ1n) is 7.97. The lowest BCUT2D eigenvalue weighted by Gasteiger charge is -2.13. The molecule has 1 aliphatic rings. The highest BCUT2D eigenvalue weighted by atomic mass is 16.1. The van der Waals surface area contributed by atoms with Crippen LogP contribution in [0, 0.1) is 11.3 Å². The van der Waals surface area contributed by atoms with E-state index in [1.165, 1.54) is 31.3 Å². The molecule has 4 heteroatoms. The van der Waals surface area contributed by atoms with Crippen molar-refractivity contribution >= 4 is 11.6 Å². The second-order valence-electron chi connectivity index (χ2n) is 5.54. The van der Waals surface area contributed by atoms with E-state index in [9.17, 15) is 4.79 Å². The van der Waals surface area contributed by atoms with E-state index in [1.54, 1.807) is 6.07 Å². The van der Waals surface area contributed by atoms with Gasteiger partial charge in [0.05, 0.1) is 11.3 Å². The van der Waals surface area contributed by atoms with Crippen LogP contribution in [0.4, 0.5) is 5.69 Å². The van der Waals surface area contributed by atoms with Gasteiger partial charge in [-0.3, -0.25) is 4.79 Å². The number of hydrogen-bond donors (Lipinski definition) is 2. The molecule has 0 atom stereocenters. The van der Waals surface area contributed by atoms with Crippen molar-refractivity contribution in [3.8, 4) is 6.07 Å². The largest absolute Gasteiger partial charge is 0.383 e. The molecule has 0 radical (unpaired) electrons. The molecule has 1 aromatic rings. The average molecular weight is 297 g/mol. The summed E-state index contributed by atoms with van der Waals surface area (Å²) >= 11 is 0. The van der Waals surface area contributed by atoms with Gasteiger partial charge in [-0.25, -0.2) is 0 Å². The maximum atomic E-state index is 11.8. The molecule has 0 bridgehead atoms. The summed E-state index contributed by atoms with van der Waals surface area (Å²) in [6, 6.07) is 9.46. The van der Waals surface area contributed by atoms with E-state index in [-0.39, 0.29) is 5.91 Å². The molecule has 0 spiro atoms. The minimum absolute atomic E-state index is 0.0540. The number of nitrogens with zero attached hydrogens (tertiary/aromatic N) is 1. The van der Waals surface area contributed by atoms with Crippen molar-refractivity contribution in [3.05, 3.63) is 41.5 Å². The van der Waals surface area contributed by atoms with Crippen LogP contribution in [0.2, 0.25) is 0 Å². The molecule has 2 N–H and O–H groups in total. The fraction of sp³-hybridized carbons (Fsp3) is 0.444. The van der Waals surface area contributed by atoms with Crippen LogP contribution in [0.5, 0.6) is 0 Å². The Morgan fingerprint density at radius 3 is 2.86 bits per heavy atom. The fourth-order valence-corrected chi connectivity index (χ4v) is 2.63. The van der Waals surface area contributed by atoms with E-state index in [0.717, 1.165) is 18.7 Å². The molecule has 4 nitrogen and oxygen atoms in total. The van der Waals surface area contributed by atoms with Gasteiger partial charge in [0.1, 0.15) is 6.07 Å². The van der Waals surface area contributed by atoms with Gasteiger partial charge in [-0.2, -0.15) is 5.26 Å². The minimum atomic E-state index is 0.0540. The van der Waals surface area contributed by atoms with Gasteiger partial charge in [0.15, 0.2) is 0 Å².